The lowest BCUT2D eigenvalue weighted by Crippen LogP contribution is -2.55. The Morgan fingerprint density at radius 2 is 2.09 bits per heavy atom. The van der Waals surface area contributed by atoms with E-state index < -0.39 is 0 Å². The molecule has 0 N–H and O–H groups in total. The number of aromatic nitrogens is 1. The first-order valence-corrected chi connectivity index (χ1v) is 12.8. The van der Waals surface area contributed by atoms with E-state index in [0.717, 1.165) is 67.4 Å². The van der Waals surface area contributed by atoms with E-state index in [4.69, 9.17) is 14.2 Å². The summed E-state index contributed by atoms with van der Waals surface area (Å²) in [4.78, 5) is 19.8. The Morgan fingerprint density at radius 3 is 2.82 bits per heavy atom. The van der Waals surface area contributed by atoms with Gasteiger partial charge in [0.2, 0.25) is 0 Å². The van der Waals surface area contributed by atoms with Gasteiger partial charge >= 0.3 is 5.97 Å². The molecule has 6 rings (SSSR count). The number of nitrogens with zero attached hydrogens (tertiary/aromatic N) is 2. The largest absolute Gasteiger partial charge is 0.497 e. The molecule has 4 heterocycles. The van der Waals surface area contributed by atoms with E-state index >= 15 is 0 Å². The van der Waals surface area contributed by atoms with Crippen molar-refractivity contribution in [1.82, 2.24) is 9.88 Å². The van der Waals surface area contributed by atoms with E-state index in [1.165, 1.54) is 12.8 Å². The van der Waals surface area contributed by atoms with Crippen molar-refractivity contribution in [2.75, 3.05) is 26.8 Å². The second-order valence-corrected chi connectivity index (χ2v) is 10.0. The number of benzene rings is 1. The van der Waals surface area contributed by atoms with Gasteiger partial charge in [-0.1, -0.05) is 12.5 Å². The van der Waals surface area contributed by atoms with Crippen LogP contribution in [0, 0.1) is 11.8 Å². The molecule has 0 radical (unpaired) electrons. The van der Waals surface area contributed by atoms with E-state index in [0.29, 0.717) is 11.8 Å². The van der Waals surface area contributed by atoms with Crippen LogP contribution in [0.5, 0.6) is 5.75 Å². The van der Waals surface area contributed by atoms with Gasteiger partial charge in [-0.25, -0.2) is 4.79 Å². The molecule has 182 valence electrons. The highest BCUT2D eigenvalue weighted by Gasteiger charge is 2.43. The average Bonchev–Trinajstić information content (AvgIpc) is 2.89. The molecule has 0 spiro atoms. The second-order valence-electron chi connectivity index (χ2n) is 10.0. The summed E-state index contributed by atoms with van der Waals surface area (Å²) in [5, 5.41) is 1.01. The molecule has 3 aliphatic heterocycles. The van der Waals surface area contributed by atoms with Crippen LogP contribution in [0.2, 0.25) is 0 Å². The summed E-state index contributed by atoms with van der Waals surface area (Å²) in [5.41, 5.74) is 1.96. The maximum atomic E-state index is 12.7. The van der Waals surface area contributed by atoms with Gasteiger partial charge in [0, 0.05) is 24.2 Å². The molecule has 6 heteroatoms. The van der Waals surface area contributed by atoms with Crippen LogP contribution in [0.15, 0.2) is 43.1 Å². The molecule has 2 aromatic rings. The minimum atomic E-state index is -0.257. The predicted molar refractivity (Wildman–Crippen MR) is 132 cm³/mol. The maximum absolute atomic E-state index is 12.7. The Hall–Kier alpha value is -2.44. The molecule has 4 aliphatic rings. The van der Waals surface area contributed by atoms with Gasteiger partial charge in [-0.2, -0.15) is 0 Å². The van der Waals surface area contributed by atoms with Crippen molar-refractivity contribution >= 4 is 16.9 Å². The number of esters is 1. The highest BCUT2D eigenvalue weighted by atomic mass is 16.6. The zero-order valence-electron chi connectivity index (χ0n) is 20.2. The second kappa shape index (κ2) is 10.4. The lowest BCUT2D eigenvalue weighted by Gasteiger charge is -2.51. The number of rotatable bonds is 8. The lowest BCUT2D eigenvalue weighted by atomic mass is 9.73. The Balaban J connectivity index is 1.41. The van der Waals surface area contributed by atoms with Crippen molar-refractivity contribution in [2.24, 2.45) is 11.8 Å². The van der Waals surface area contributed by atoms with E-state index in [-0.39, 0.29) is 30.8 Å². The highest BCUT2D eigenvalue weighted by molar-refractivity contribution is 5.84. The summed E-state index contributed by atoms with van der Waals surface area (Å²) in [5.74, 6) is 1.66. The lowest BCUT2D eigenvalue weighted by molar-refractivity contribution is -0.161. The quantitative estimate of drug-likeness (QED) is 0.401. The Bertz CT molecular complexity index is 1020. The number of pyridine rings is 1. The van der Waals surface area contributed by atoms with Gasteiger partial charge in [0.25, 0.3) is 0 Å². The van der Waals surface area contributed by atoms with Gasteiger partial charge in [0.1, 0.15) is 18.5 Å². The van der Waals surface area contributed by atoms with Crippen molar-refractivity contribution in [3.8, 4) is 5.75 Å². The van der Waals surface area contributed by atoms with Gasteiger partial charge in [0.15, 0.2) is 0 Å². The van der Waals surface area contributed by atoms with Crippen LogP contribution in [0.4, 0.5) is 0 Å². The standard InChI is InChI=1S/C28H36N2O4/c1-3-19-17-30-14-12-20(19)15-26(30)28(33-18-27(31)34-21-7-5-4-6-8-21)23-11-13-29-25-10-9-22(32-2)16-24(23)25/h3,9-11,13,16,19-21,26,28H,1,4-8,12,14-15,17-18H2,2H3/t19?,20?,26?,28-/m1/s1. The third kappa shape index (κ3) is 4.84. The molecule has 6 nitrogen and oxygen atoms in total. The first-order chi connectivity index (χ1) is 16.7. The molecule has 0 amide bonds. The maximum Gasteiger partial charge on any atom is 0.332 e. The fourth-order valence-corrected chi connectivity index (χ4v) is 6.18. The smallest absolute Gasteiger partial charge is 0.332 e. The number of fused-ring (bicyclic) bond motifs is 4. The van der Waals surface area contributed by atoms with Crippen LogP contribution in [0.3, 0.4) is 0 Å². The molecule has 5 atom stereocenters. The van der Waals surface area contributed by atoms with Gasteiger partial charge in [-0.15, -0.1) is 6.58 Å². The fraction of sp³-hybridized carbons (Fsp3) is 0.571. The summed E-state index contributed by atoms with van der Waals surface area (Å²) in [6.07, 6.45) is 11.4. The van der Waals surface area contributed by atoms with Gasteiger partial charge in [0.05, 0.1) is 18.7 Å². The monoisotopic (exact) mass is 464 g/mol. The molecule has 1 saturated carbocycles. The predicted octanol–water partition coefficient (Wildman–Crippen LogP) is 5.07. The Morgan fingerprint density at radius 1 is 1.24 bits per heavy atom. The zero-order chi connectivity index (χ0) is 23.5. The Labute approximate surface area is 202 Å². The average molecular weight is 465 g/mol. The summed E-state index contributed by atoms with van der Waals surface area (Å²) < 4.78 is 17.7. The van der Waals surface area contributed by atoms with Crippen molar-refractivity contribution in [1.29, 1.82) is 0 Å². The molecular weight excluding hydrogens is 428 g/mol. The number of hydrogen-bond acceptors (Lipinski definition) is 6. The molecule has 4 unspecified atom stereocenters. The minimum absolute atomic E-state index is 0.0329. The van der Waals surface area contributed by atoms with Crippen LogP contribution in [0.25, 0.3) is 10.9 Å². The summed E-state index contributed by atoms with van der Waals surface area (Å²) in [6.45, 7) is 6.08. The normalized spacial score (nSPS) is 27.9. The summed E-state index contributed by atoms with van der Waals surface area (Å²) in [7, 11) is 1.67. The van der Waals surface area contributed by atoms with Crippen molar-refractivity contribution in [3.63, 3.8) is 0 Å². The van der Waals surface area contributed by atoms with Gasteiger partial charge in [-0.05, 0) is 86.7 Å². The van der Waals surface area contributed by atoms with Gasteiger partial charge in [-0.3, -0.25) is 9.88 Å². The van der Waals surface area contributed by atoms with Crippen LogP contribution >= 0.6 is 0 Å². The number of carbonyl (C=O) groups excluding carboxylic acids is 1. The molecule has 1 aliphatic carbocycles. The van der Waals surface area contributed by atoms with E-state index in [1.807, 2.05) is 30.5 Å². The minimum Gasteiger partial charge on any atom is -0.497 e. The van der Waals surface area contributed by atoms with E-state index in [9.17, 15) is 4.79 Å². The number of ether oxygens (including phenoxy) is 3. The molecule has 3 saturated heterocycles. The van der Waals surface area contributed by atoms with E-state index in [2.05, 4.69) is 22.5 Å². The molecule has 2 bridgehead atoms. The van der Waals surface area contributed by atoms with Crippen LogP contribution in [-0.2, 0) is 14.3 Å². The first-order valence-electron chi connectivity index (χ1n) is 12.8. The first kappa shape index (κ1) is 23.3. The topological polar surface area (TPSA) is 60.9 Å². The molecule has 1 aromatic carbocycles. The van der Waals surface area contributed by atoms with Crippen molar-refractivity contribution in [3.05, 3.63) is 48.7 Å². The van der Waals surface area contributed by atoms with Crippen LogP contribution in [0.1, 0.15) is 56.6 Å². The van der Waals surface area contributed by atoms with Gasteiger partial charge < -0.3 is 14.2 Å². The number of methoxy groups -OCH3 is 1. The van der Waals surface area contributed by atoms with Crippen molar-refractivity contribution in [2.45, 2.75) is 63.2 Å². The van der Waals surface area contributed by atoms with Crippen LogP contribution in [-0.4, -0.2) is 54.8 Å². The Kier molecular flexibility index (Phi) is 7.16. The number of carbonyl (C=O) groups is 1. The molecule has 4 fully saturated rings. The van der Waals surface area contributed by atoms with Crippen LogP contribution < -0.4 is 4.74 Å². The highest BCUT2D eigenvalue weighted by Crippen LogP contribution is 2.43. The molecular formula is C28H36N2O4. The third-order valence-electron chi connectivity index (χ3n) is 8.02. The molecule has 1 aromatic heterocycles. The number of hydrogen-bond donors (Lipinski definition) is 0. The number of piperidine rings is 3. The van der Waals surface area contributed by atoms with Crippen molar-refractivity contribution < 1.29 is 19.0 Å². The van der Waals surface area contributed by atoms with E-state index in [1.54, 1.807) is 7.11 Å². The molecule has 34 heavy (non-hydrogen) atoms. The SMILES string of the molecule is C=CC1CN2CCC1CC2[C@H](OCC(=O)OC1CCCCC1)c1ccnc2ccc(OC)cc12. The zero-order valence-corrected chi connectivity index (χ0v) is 20.2. The third-order valence-corrected chi connectivity index (χ3v) is 8.02. The fourth-order valence-electron chi connectivity index (χ4n) is 6.18. The summed E-state index contributed by atoms with van der Waals surface area (Å²) in [6, 6.07) is 8.17. The summed E-state index contributed by atoms with van der Waals surface area (Å²) >= 11 is 0.